The Balaban J connectivity index is 1.88. The Labute approximate surface area is 98.3 Å². The van der Waals surface area contributed by atoms with Crippen LogP contribution in [0.1, 0.15) is 38.7 Å². The van der Waals surface area contributed by atoms with Crippen LogP contribution in [0.25, 0.3) is 0 Å². The third kappa shape index (κ3) is 1.63. The van der Waals surface area contributed by atoms with Crippen LogP contribution in [-0.2, 0) is 6.42 Å². The Hall–Kier alpha value is -0.980. The molecule has 3 rings (SSSR count). The molecule has 1 atom stereocenters. The first-order valence-corrected chi connectivity index (χ1v) is 6.56. The van der Waals surface area contributed by atoms with E-state index in [4.69, 9.17) is 0 Å². The molecule has 0 bridgehead atoms. The molecule has 1 aromatic carbocycles. The largest absolute Gasteiger partial charge is 0.379 e. The number of rotatable bonds is 3. The van der Waals surface area contributed by atoms with Crippen molar-refractivity contribution < 1.29 is 0 Å². The molecule has 0 saturated heterocycles. The third-order valence-corrected chi connectivity index (χ3v) is 4.36. The van der Waals surface area contributed by atoms with Crippen LogP contribution in [0.5, 0.6) is 0 Å². The van der Waals surface area contributed by atoms with Crippen LogP contribution in [-0.4, -0.2) is 5.54 Å². The second-order valence-corrected chi connectivity index (χ2v) is 5.92. The molecule has 2 aliphatic rings. The van der Waals surface area contributed by atoms with E-state index in [-0.39, 0.29) is 0 Å². The lowest BCUT2D eigenvalue weighted by Crippen LogP contribution is -2.42. The molecule has 1 aliphatic heterocycles. The average Bonchev–Trinajstić information content (AvgIpc) is 2.97. The quantitative estimate of drug-likeness (QED) is 0.807. The summed E-state index contributed by atoms with van der Waals surface area (Å²) in [7, 11) is 0. The Morgan fingerprint density at radius 2 is 2.06 bits per heavy atom. The summed E-state index contributed by atoms with van der Waals surface area (Å²) in [4.78, 5) is 0. The molecule has 1 saturated carbocycles. The van der Waals surface area contributed by atoms with Crippen LogP contribution >= 0.6 is 0 Å². The molecule has 1 nitrogen and oxygen atoms in total. The van der Waals surface area contributed by atoms with Gasteiger partial charge >= 0.3 is 0 Å². The van der Waals surface area contributed by atoms with E-state index in [0.717, 1.165) is 5.92 Å². The Bertz CT molecular complexity index is 365. The molecule has 1 heteroatoms. The minimum Gasteiger partial charge on any atom is -0.379 e. The number of benzene rings is 1. The third-order valence-electron chi connectivity index (χ3n) is 4.36. The summed E-state index contributed by atoms with van der Waals surface area (Å²) in [6.45, 7) is 4.72. The van der Waals surface area contributed by atoms with Crippen LogP contribution in [0.3, 0.4) is 0 Å². The zero-order valence-corrected chi connectivity index (χ0v) is 10.3. The first kappa shape index (κ1) is 10.2. The van der Waals surface area contributed by atoms with Crippen molar-refractivity contribution in [2.24, 2.45) is 11.8 Å². The first-order chi connectivity index (χ1) is 7.70. The van der Waals surface area contributed by atoms with Gasteiger partial charge in [0.2, 0.25) is 0 Å². The van der Waals surface area contributed by atoms with Gasteiger partial charge in [-0.2, -0.15) is 0 Å². The van der Waals surface area contributed by atoms with Gasteiger partial charge in [0.05, 0.1) is 0 Å². The average molecular weight is 215 g/mol. The number of nitrogens with one attached hydrogen (secondary N) is 1. The zero-order chi connectivity index (χ0) is 11.2. The molecule has 0 amide bonds. The van der Waals surface area contributed by atoms with Crippen molar-refractivity contribution in [1.82, 2.24) is 0 Å². The van der Waals surface area contributed by atoms with Crippen LogP contribution in [0, 0.1) is 11.8 Å². The second kappa shape index (κ2) is 3.51. The van der Waals surface area contributed by atoms with Gasteiger partial charge < -0.3 is 5.32 Å². The summed E-state index contributed by atoms with van der Waals surface area (Å²) in [5, 5.41) is 3.82. The number of para-hydroxylation sites is 1. The minimum atomic E-state index is 0.338. The molecule has 1 fully saturated rings. The van der Waals surface area contributed by atoms with Gasteiger partial charge in [0, 0.05) is 11.2 Å². The van der Waals surface area contributed by atoms with Gasteiger partial charge in [0.25, 0.3) is 0 Å². The van der Waals surface area contributed by atoms with E-state index < -0.39 is 0 Å². The van der Waals surface area contributed by atoms with Crippen molar-refractivity contribution in [1.29, 1.82) is 0 Å². The van der Waals surface area contributed by atoms with Crippen LogP contribution in [0.15, 0.2) is 24.3 Å². The first-order valence-electron chi connectivity index (χ1n) is 6.56. The molecule has 16 heavy (non-hydrogen) atoms. The smallest absolute Gasteiger partial charge is 0.0440 e. The molecule has 86 valence electrons. The highest BCUT2D eigenvalue weighted by molar-refractivity contribution is 5.59. The summed E-state index contributed by atoms with van der Waals surface area (Å²) in [5.74, 6) is 1.70. The lowest BCUT2D eigenvalue weighted by molar-refractivity contribution is 0.314. The highest BCUT2D eigenvalue weighted by atomic mass is 15.0. The van der Waals surface area contributed by atoms with Crippen molar-refractivity contribution >= 4 is 5.69 Å². The lowest BCUT2D eigenvalue weighted by Gasteiger charge is -2.35. The highest BCUT2D eigenvalue weighted by Gasteiger charge is 2.43. The predicted octanol–water partition coefficient (Wildman–Crippen LogP) is 3.85. The summed E-state index contributed by atoms with van der Waals surface area (Å²) < 4.78 is 0. The molecule has 1 aromatic rings. The van der Waals surface area contributed by atoms with Gasteiger partial charge in [0.15, 0.2) is 0 Å². The van der Waals surface area contributed by atoms with E-state index in [1.807, 2.05) is 0 Å². The Morgan fingerprint density at radius 1 is 1.31 bits per heavy atom. The number of fused-ring (bicyclic) bond motifs is 1. The normalized spacial score (nSPS) is 27.9. The summed E-state index contributed by atoms with van der Waals surface area (Å²) in [6.07, 6.45) is 5.48. The number of hydrogen-bond donors (Lipinski definition) is 1. The van der Waals surface area contributed by atoms with Crippen molar-refractivity contribution in [3.05, 3.63) is 29.8 Å². The van der Waals surface area contributed by atoms with Crippen molar-refractivity contribution in [2.75, 3.05) is 5.32 Å². The molecule has 1 heterocycles. The molecule has 1 aliphatic carbocycles. The van der Waals surface area contributed by atoms with Crippen molar-refractivity contribution in [2.45, 2.75) is 45.1 Å². The van der Waals surface area contributed by atoms with E-state index in [2.05, 4.69) is 43.4 Å². The summed E-state index contributed by atoms with van der Waals surface area (Å²) in [6, 6.07) is 8.80. The van der Waals surface area contributed by atoms with Crippen LogP contribution in [0.2, 0.25) is 0 Å². The van der Waals surface area contributed by atoms with E-state index in [1.165, 1.54) is 36.9 Å². The van der Waals surface area contributed by atoms with Crippen LogP contribution in [0.4, 0.5) is 5.69 Å². The molecular formula is C15H21N. The summed E-state index contributed by atoms with van der Waals surface area (Å²) in [5.41, 5.74) is 3.22. The van der Waals surface area contributed by atoms with E-state index >= 15 is 0 Å². The molecule has 0 radical (unpaired) electrons. The number of anilines is 1. The Morgan fingerprint density at radius 3 is 2.69 bits per heavy atom. The fourth-order valence-corrected chi connectivity index (χ4v) is 2.99. The van der Waals surface area contributed by atoms with Gasteiger partial charge in [-0.15, -0.1) is 0 Å². The Kier molecular flexibility index (Phi) is 2.24. The van der Waals surface area contributed by atoms with Gasteiger partial charge in [0.1, 0.15) is 0 Å². The maximum Gasteiger partial charge on any atom is 0.0440 e. The van der Waals surface area contributed by atoms with Gasteiger partial charge in [-0.25, -0.2) is 0 Å². The lowest BCUT2D eigenvalue weighted by atomic mass is 9.79. The molecule has 0 aromatic heterocycles. The molecule has 1 N–H and O–H groups in total. The second-order valence-electron chi connectivity index (χ2n) is 5.92. The fraction of sp³-hybridized carbons (Fsp3) is 0.600. The highest BCUT2D eigenvalue weighted by Crippen LogP contribution is 2.46. The van der Waals surface area contributed by atoms with Crippen molar-refractivity contribution in [3.8, 4) is 0 Å². The van der Waals surface area contributed by atoms with E-state index in [9.17, 15) is 0 Å². The maximum atomic E-state index is 3.82. The minimum absolute atomic E-state index is 0.338. The molecule has 0 spiro atoms. The van der Waals surface area contributed by atoms with Gasteiger partial charge in [-0.05, 0) is 36.3 Å². The van der Waals surface area contributed by atoms with Crippen molar-refractivity contribution in [3.63, 3.8) is 0 Å². The predicted molar refractivity (Wildman–Crippen MR) is 68.7 cm³/mol. The van der Waals surface area contributed by atoms with Gasteiger partial charge in [-0.3, -0.25) is 0 Å². The van der Waals surface area contributed by atoms with Gasteiger partial charge in [-0.1, -0.05) is 44.9 Å². The molecule has 1 unspecified atom stereocenters. The number of hydrogen-bond acceptors (Lipinski definition) is 1. The summed E-state index contributed by atoms with van der Waals surface area (Å²) >= 11 is 0. The molecular weight excluding hydrogens is 194 g/mol. The SMILES string of the molecule is CC(C)C1(CC2CC2)Cc2ccccc2N1. The van der Waals surface area contributed by atoms with E-state index in [1.54, 1.807) is 0 Å². The van der Waals surface area contributed by atoms with Crippen LogP contribution < -0.4 is 5.32 Å². The van der Waals surface area contributed by atoms with E-state index in [0.29, 0.717) is 11.5 Å². The monoisotopic (exact) mass is 215 g/mol. The zero-order valence-electron chi connectivity index (χ0n) is 10.3. The fourth-order valence-electron chi connectivity index (χ4n) is 2.99. The standard InChI is InChI=1S/C15H21N/c1-11(2)15(9-12-7-8-12)10-13-5-3-4-6-14(13)16-15/h3-6,11-12,16H,7-10H2,1-2H3. The topological polar surface area (TPSA) is 12.0 Å². The maximum absolute atomic E-state index is 3.82.